The summed E-state index contributed by atoms with van der Waals surface area (Å²) in [4.78, 5) is 11.6. The maximum Gasteiger partial charge on any atom is 0.246 e. The standard InChI is InChI=1S/C11H12ClFN2O/c1-2-5-14-10-8-6(12)3-4-7(13)9(8)15-11(10)16/h3-4,10,14H,2,5H2,1H3,(H,15,16). The van der Waals surface area contributed by atoms with Crippen LogP contribution in [0.3, 0.4) is 0 Å². The molecule has 1 aromatic rings. The maximum atomic E-state index is 13.4. The minimum atomic E-state index is -0.543. The Morgan fingerprint density at radius 1 is 1.56 bits per heavy atom. The summed E-state index contributed by atoms with van der Waals surface area (Å²) < 4.78 is 13.4. The van der Waals surface area contributed by atoms with E-state index in [1.54, 1.807) is 0 Å². The predicted molar refractivity (Wildman–Crippen MR) is 61.1 cm³/mol. The van der Waals surface area contributed by atoms with Gasteiger partial charge in [-0.1, -0.05) is 18.5 Å². The second-order valence-electron chi connectivity index (χ2n) is 3.69. The molecule has 86 valence electrons. The molecule has 1 aliphatic rings. The zero-order chi connectivity index (χ0) is 11.7. The van der Waals surface area contributed by atoms with Gasteiger partial charge in [-0.05, 0) is 25.1 Å². The monoisotopic (exact) mass is 242 g/mol. The number of halogens is 2. The molecular weight excluding hydrogens is 231 g/mol. The van der Waals surface area contributed by atoms with Gasteiger partial charge in [0.15, 0.2) is 0 Å². The number of carbonyl (C=O) groups is 1. The Morgan fingerprint density at radius 3 is 3.00 bits per heavy atom. The van der Waals surface area contributed by atoms with Crippen molar-refractivity contribution in [1.29, 1.82) is 0 Å². The van der Waals surface area contributed by atoms with E-state index >= 15 is 0 Å². The summed E-state index contributed by atoms with van der Waals surface area (Å²) in [5.74, 6) is -0.705. The van der Waals surface area contributed by atoms with Crippen LogP contribution < -0.4 is 10.6 Å². The van der Waals surface area contributed by atoms with E-state index in [9.17, 15) is 9.18 Å². The molecule has 0 radical (unpaired) electrons. The molecule has 1 aliphatic heterocycles. The van der Waals surface area contributed by atoms with Gasteiger partial charge in [-0.3, -0.25) is 4.79 Å². The van der Waals surface area contributed by atoms with Gasteiger partial charge in [0, 0.05) is 10.6 Å². The lowest BCUT2D eigenvalue weighted by molar-refractivity contribution is -0.117. The highest BCUT2D eigenvalue weighted by Gasteiger charge is 2.34. The van der Waals surface area contributed by atoms with Crippen molar-refractivity contribution in [2.24, 2.45) is 0 Å². The maximum absolute atomic E-state index is 13.4. The van der Waals surface area contributed by atoms with Crippen molar-refractivity contribution in [3.05, 3.63) is 28.5 Å². The van der Waals surface area contributed by atoms with Crippen molar-refractivity contribution in [3.8, 4) is 0 Å². The average Bonchev–Trinajstić information content (AvgIpc) is 2.59. The fourth-order valence-corrected chi connectivity index (χ4v) is 2.05. The molecule has 3 nitrogen and oxygen atoms in total. The third-order valence-corrected chi connectivity index (χ3v) is 2.87. The summed E-state index contributed by atoms with van der Waals surface area (Å²) in [6.07, 6.45) is 0.895. The van der Waals surface area contributed by atoms with Gasteiger partial charge in [0.2, 0.25) is 5.91 Å². The van der Waals surface area contributed by atoms with Crippen LogP contribution in [-0.4, -0.2) is 12.5 Å². The molecule has 0 spiro atoms. The number of nitrogens with one attached hydrogen (secondary N) is 2. The Morgan fingerprint density at radius 2 is 2.31 bits per heavy atom. The number of fused-ring (bicyclic) bond motifs is 1. The van der Waals surface area contributed by atoms with Crippen molar-refractivity contribution in [2.75, 3.05) is 11.9 Å². The van der Waals surface area contributed by atoms with Gasteiger partial charge in [0.25, 0.3) is 0 Å². The van der Waals surface area contributed by atoms with Crippen LogP contribution in [0.15, 0.2) is 12.1 Å². The van der Waals surface area contributed by atoms with Crippen LogP contribution in [-0.2, 0) is 4.79 Å². The van der Waals surface area contributed by atoms with Gasteiger partial charge < -0.3 is 10.6 Å². The second-order valence-corrected chi connectivity index (χ2v) is 4.10. The normalized spacial score (nSPS) is 18.4. The van der Waals surface area contributed by atoms with Crippen LogP contribution in [0.2, 0.25) is 5.02 Å². The van der Waals surface area contributed by atoms with Crippen molar-refractivity contribution in [2.45, 2.75) is 19.4 Å². The smallest absolute Gasteiger partial charge is 0.246 e. The first-order valence-corrected chi connectivity index (χ1v) is 5.55. The van der Waals surface area contributed by atoms with Gasteiger partial charge in [-0.2, -0.15) is 0 Å². The molecule has 1 unspecified atom stereocenters. The fraction of sp³-hybridized carbons (Fsp3) is 0.364. The molecule has 1 atom stereocenters. The van der Waals surface area contributed by atoms with Gasteiger partial charge in [0.05, 0.1) is 5.69 Å². The number of carbonyl (C=O) groups excluding carboxylic acids is 1. The SMILES string of the molecule is CCCNC1C(=O)Nc2c(F)ccc(Cl)c21. The third-order valence-electron chi connectivity index (χ3n) is 2.54. The molecule has 2 rings (SSSR count). The van der Waals surface area contributed by atoms with Crippen LogP contribution in [0.4, 0.5) is 10.1 Å². The number of anilines is 1. The predicted octanol–water partition coefficient (Wildman–Crippen LogP) is 2.47. The molecule has 0 aliphatic carbocycles. The van der Waals surface area contributed by atoms with Crippen molar-refractivity contribution < 1.29 is 9.18 Å². The van der Waals surface area contributed by atoms with Crippen molar-refractivity contribution in [3.63, 3.8) is 0 Å². The lowest BCUT2D eigenvalue weighted by Gasteiger charge is -2.11. The summed E-state index contributed by atoms with van der Waals surface area (Å²) in [5.41, 5.74) is 0.714. The molecule has 0 saturated heterocycles. The van der Waals surface area contributed by atoms with E-state index in [0.29, 0.717) is 17.1 Å². The van der Waals surface area contributed by atoms with Crippen LogP contribution in [0.1, 0.15) is 24.9 Å². The summed E-state index contributed by atoms with van der Waals surface area (Å²) >= 11 is 5.98. The molecule has 1 amide bonds. The quantitative estimate of drug-likeness (QED) is 0.855. The van der Waals surface area contributed by atoms with Gasteiger partial charge in [0.1, 0.15) is 11.9 Å². The first kappa shape index (κ1) is 11.4. The molecular formula is C11H12ClFN2O. The van der Waals surface area contributed by atoms with Crippen LogP contribution in [0, 0.1) is 5.82 Å². The van der Waals surface area contributed by atoms with E-state index in [2.05, 4.69) is 10.6 Å². The number of rotatable bonds is 3. The summed E-state index contributed by atoms with van der Waals surface area (Å²) in [6, 6.07) is 2.18. The molecule has 0 fully saturated rings. The van der Waals surface area contributed by atoms with E-state index < -0.39 is 11.9 Å². The largest absolute Gasteiger partial charge is 0.322 e. The molecule has 0 aromatic heterocycles. The Hall–Kier alpha value is -1.13. The number of amides is 1. The number of benzene rings is 1. The van der Waals surface area contributed by atoms with Gasteiger partial charge >= 0.3 is 0 Å². The molecule has 1 aromatic carbocycles. The second kappa shape index (κ2) is 4.39. The lowest BCUT2D eigenvalue weighted by atomic mass is 10.1. The Labute approximate surface area is 98.0 Å². The molecule has 1 heterocycles. The van der Waals surface area contributed by atoms with Crippen LogP contribution >= 0.6 is 11.6 Å². The number of hydrogen-bond donors (Lipinski definition) is 2. The van der Waals surface area contributed by atoms with Crippen molar-refractivity contribution in [1.82, 2.24) is 5.32 Å². The topological polar surface area (TPSA) is 41.1 Å². The zero-order valence-electron chi connectivity index (χ0n) is 8.81. The molecule has 5 heteroatoms. The molecule has 0 saturated carbocycles. The minimum Gasteiger partial charge on any atom is -0.322 e. The first-order chi connectivity index (χ1) is 7.65. The Kier molecular flexibility index (Phi) is 3.12. The minimum absolute atomic E-state index is 0.200. The molecule has 16 heavy (non-hydrogen) atoms. The molecule has 2 N–H and O–H groups in total. The van der Waals surface area contributed by atoms with Crippen molar-refractivity contribution >= 4 is 23.2 Å². The summed E-state index contributed by atoms with van der Waals surface area (Å²) in [5, 5.41) is 5.95. The van der Waals surface area contributed by atoms with E-state index in [4.69, 9.17) is 11.6 Å². The van der Waals surface area contributed by atoms with Gasteiger partial charge in [-0.15, -0.1) is 0 Å². The van der Waals surface area contributed by atoms with Crippen LogP contribution in [0.25, 0.3) is 0 Å². The van der Waals surface area contributed by atoms with E-state index in [0.717, 1.165) is 6.42 Å². The zero-order valence-corrected chi connectivity index (χ0v) is 9.57. The highest BCUT2D eigenvalue weighted by atomic mass is 35.5. The lowest BCUT2D eigenvalue weighted by Crippen LogP contribution is -2.28. The Balaban J connectivity index is 2.39. The van der Waals surface area contributed by atoms with E-state index in [-0.39, 0.29) is 11.6 Å². The molecule has 0 bridgehead atoms. The highest BCUT2D eigenvalue weighted by Crippen LogP contribution is 2.38. The van der Waals surface area contributed by atoms with Crippen LogP contribution in [0.5, 0.6) is 0 Å². The Bertz CT molecular complexity index is 436. The summed E-state index contributed by atoms with van der Waals surface area (Å²) in [7, 11) is 0. The average molecular weight is 243 g/mol. The van der Waals surface area contributed by atoms with E-state index in [1.165, 1.54) is 12.1 Å². The summed E-state index contributed by atoms with van der Waals surface area (Å²) in [6.45, 7) is 2.68. The first-order valence-electron chi connectivity index (χ1n) is 5.17. The highest BCUT2D eigenvalue weighted by molar-refractivity contribution is 6.32. The number of hydrogen-bond acceptors (Lipinski definition) is 2. The third kappa shape index (κ3) is 1.79. The van der Waals surface area contributed by atoms with Gasteiger partial charge in [-0.25, -0.2) is 4.39 Å². The fourth-order valence-electron chi connectivity index (χ4n) is 1.79. The van der Waals surface area contributed by atoms with E-state index in [1.807, 2.05) is 6.92 Å².